The number of anilines is 1. The van der Waals surface area contributed by atoms with E-state index in [1.165, 1.54) is 12.8 Å². The number of nitrogens with zero attached hydrogens (tertiary/aromatic N) is 7. The van der Waals surface area contributed by atoms with Crippen molar-refractivity contribution in [2.75, 3.05) is 57.4 Å². The molecule has 3 fully saturated rings. The van der Waals surface area contributed by atoms with Crippen LogP contribution in [0.15, 0.2) is 12.1 Å². The van der Waals surface area contributed by atoms with E-state index in [9.17, 15) is 4.79 Å². The number of fused-ring (bicyclic) bond motifs is 1. The number of likely N-dealkylation sites (tertiary alicyclic amines) is 1. The number of carbonyl (C=O) groups is 1. The van der Waals surface area contributed by atoms with Gasteiger partial charge in [-0.15, -0.1) is 15.3 Å². The van der Waals surface area contributed by atoms with Crippen molar-refractivity contribution in [3.05, 3.63) is 18.0 Å². The maximum atomic E-state index is 12.7. The molecule has 2 amide bonds. The molecule has 0 aromatic carbocycles. The first-order valence-corrected chi connectivity index (χ1v) is 10.4. The van der Waals surface area contributed by atoms with Crippen molar-refractivity contribution in [1.82, 2.24) is 29.6 Å². The van der Waals surface area contributed by atoms with Gasteiger partial charge in [-0.05, 0) is 37.8 Å². The first-order chi connectivity index (χ1) is 13.8. The number of ether oxygens (including phenoxy) is 1. The van der Waals surface area contributed by atoms with Crippen LogP contribution in [0.5, 0.6) is 0 Å². The van der Waals surface area contributed by atoms with Crippen LogP contribution in [0.3, 0.4) is 0 Å². The van der Waals surface area contributed by atoms with E-state index in [0.717, 1.165) is 56.3 Å². The van der Waals surface area contributed by atoms with Crippen LogP contribution in [0.4, 0.5) is 10.6 Å². The highest BCUT2D eigenvalue weighted by Crippen LogP contribution is 2.28. The van der Waals surface area contributed by atoms with Crippen molar-refractivity contribution in [3.63, 3.8) is 0 Å². The molecule has 2 aromatic heterocycles. The van der Waals surface area contributed by atoms with Crippen molar-refractivity contribution < 1.29 is 9.53 Å². The van der Waals surface area contributed by atoms with E-state index in [2.05, 4.69) is 15.1 Å². The number of morpholine rings is 1. The third-order valence-corrected chi connectivity index (χ3v) is 6.12. The van der Waals surface area contributed by atoms with E-state index >= 15 is 0 Å². The molecule has 0 spiro atoms. The average Bonchev–Trinajstić information content (AvgIpc) is 3.44. The summed E-state index contributed by atoms with van der Waals surface area (Å²) in [5.41, 5.74) is 0.796. The number of urea groups is 1. The van der Waals surface area contributed by atoms with Crippen molar-refractivity contribution >= 4 is 17.5 Å². The Balaban J connectivity index is 1.28. The molecule has 0 unspecified atom stereocenters. The summed E-state index contributed by atoms with van der Waals surface area (Å²) in [4.78, 5) is 18.9. The van der Waals surface area contributed by atoms with Gasteiger partial charge in [0.2, 0.25) is 0 Å². The Morgan fingerprint density at radius 1 is 0.929 bits per heavy atom. The Kier molecular flexibility index (Phi) is 4.76. The van der Waals surface area contributed by atoms with E-state index in [4.69, 9.17) is 9.84 Å². The lowest BCUT2D eigenvalue weighted by molar-refractivity contribution is 0.0410. The highest BCUT2D eigenvalue weighted by Gasteiger charge is 2.30. The molecule has 0 N–H and O–H groups in total. The molecule has 3 aliphatic heterocycles. The maximum absolute atomic E-state index is 12.7. The highest BCUT2D eigenvalue weighted by molar-refractivity contribution is 5.74. The number of aromatic nitrogens is 4. The third-order valence-electron chi connectivity index (χ3n) is 6.12. The predicted molar refractivity (Wildman–Crippen MR) is 104 cm³/mol. The molecule has 9 nitrogen and oxygen atoms in total. The van der Waals surface area contributed by atoms with Gasteiger partial charge >= 0.3 is 6.03 Å². The standard InChI is InChI=1S/C19H27N7O2/c27-19(25-11-13-28-14-12-25)24-9-5-15(6-10-24)18-21-20-16-3-4-17(22-26(16)18)23-7-1-2-8-23/h3-4,15H,1-2,5-14H2. The molecule has 0 aliphatic carbocycles. The molecule has 28 heavy (non-hydrogen) atoms. The zero-order valence-electron chi connectivity index (χ0n) is 16.2. The number of hydrogen-bond acceptors (Lipinski definition) is 6. The predicted octanol–water partition coefficient (Wildman–Crippen LogP) is 1.36. The van der Waals surface area contributed by atoms with Crippen LogP contribution in [-0.4, -0.2) is 88.1 Å². The van der Waals surface area contributed by atoms with E-state index in [0.29, 0.717) is 26.3 Å². The quantitative estimate of drug-likeness (QED) is 0.777. The summed E-state index contributed by atoms with van der Waals surface area (Å²) in [5, 5.41) is 13.6. The van der Waals surface area contributed by atoms with E-state index in [-0.39, 0.29) is 11.9 Å². The van der Waals surface area contributed by atoms with Gasteiger partial charge in [-0.1, -0.05) is 0 Å². The van der Waals surface area contributed by atoms with Crippen molar-refractivity contribution in [3.8, 4) is 0 Å². The summed E-state index contributed by atoms with van der Waals surface area (Å²) in [6, 6.07) is 4.19. The number of hydrogen-bond donors (Lipinski definition) is 0. The van der Waals surface area contributed by atoms with E-state index < -0.39 is 0 Å². The molecular weight excluding hydrogens is 358 g/mol. The second-order valence-corrected chi connectivity index (χ2v) is 7.86. The summed E-state index contributed by atoms with van der Waals surface area (Å²) < 4.78 is 7.26. The van der Waals surface area contributed by atoms with Gasteiger partial charge in [-0.2, -0.15) is 4.52 Å². The smallest absolute Gasteiger partial charge is 0.320 e. The van der Waals surface area contributed by atoms with E-state index in [1.807, 2.05) is 26.4 Å². The summed E-state index contributed by atoms with van der Waals surface area (Å²) >= 11 is 0. The molecular formula is C19H27N7O2. The van der Waals surface area contributed by atoms with Crippen LogP contribution >= 0.6 is 0 Å². The van der Waals surface area contributed by atoms with Crippen LogP contribution in [0.1, 0.15) is 37.4 Å². The largest absolute Gasteiger partial charge is 0.378 e. The van der Waals surface area contributed by atoms with Gasteiger partial charge < -0.3 is 19.4 Å². The first-order valence-electron chi connectivity index (χ1n) is 10.4. The summed E-state index contributed by atoms with van der Waals surface area (Å²) in [6.07, 6.45) is 4.24. The van der Waals surface area contributed by atoms with Crippen LogP contribution in [-0.2, 0) is 4.74 Å². The zero-order chi connectivity index (χ0) is 18.9. The van der Waals surface area contributed by atoms with Gasteiger partial charge in [0, 0.05) is 45.2 Å². The molecule has 0 radical (unpaired) electrons. The minimum Gasteiger partial charge on any atom is -0.378 e. The minimum atomic E-state index is 0.141. The highest BCUT2D eigenvalue weighted by atomic mass is 16.5. The second kappa shape index (κ2) is 7.54. The van der Waals surface area contributed by atoms with Gasteiger partial charge in [-0.25, -0.2) is 4.79 Å². The van der Waals surface area contributed by atoms with E-state index in [1.54, 1.807) is 0 Å². The van der Waals surface area contributed by atoms with Gasteiger partial charge in [0.05, 0.1) is 13.2 Å². The molecule has 0 atom stereocenters. The van der Waals surface area contributed by atoms with Crippen molar-refractivity contribution in [2.24, 2.45) is 0 Å². The maximum Gasteiger partial charge on any atom is 0.320 e. The molecule has 0 bridgehead atoms. The zero-order valence-corrected chi connectivity index (χ0v) is 16.2. The molecule has 5 heterocycles. The Labute approximate surface area is 164 Å². The van der Waals surface area contributed by atoms with Crippen molar-refractivity contribution in [1.29, 1.82) is 0 Å². The van der Waals surface area contributed by atoms with Gasteiger partial charge in [-0.3, -0.25) is 0 Å². The lowest BCUT2D eigenvalue weighted by atomic mass is 9.96. The Morgan fingerprint density at radius 2 is 1.64 bits per heavy atom. The first kappa shape index (κ1) is 17.7. The van der Waals surface area contributed by atoms with Gasteiger partial charge in [0.25, 0.3) is 0 Å². The lowest BCUT2D eigenvalue weighted by Gasteiger charge is -2.36. The van der Waals surface area contributed by atoms with Crippen molar-refractivity contribution in [2.45, 2.75) is 31.6 Å². The summed E-state index contributed by atoms with van der Waals surface area (Å²) in [5.74, 6) is 2.21. The fraction of sp³-hybridized carbons (Fsp3) is 0.684. The van der Waals surface area contributed by atoms with Gasteiger partial charge in [0.15, 0.2) is 11.5 Å². The second-order valence-electron chi connectivity index (χ2n) is 7.86. The minimum absolute atomic E-state index is 0.141. The Hall–Kier alpha value is -2.42. The number of carbonyl (C=O) groups excluding carboxylic acids is 1. The lowest BCUT2D eigenvalue weighted by Crippen LogP contribution is -2.50. The van der Waals surface area contributed by atoms with Crippen LogP contribution < -0.4 is 4.90 Å². The molecule has 9 heteroatoms. The molecule has 5 rings (SSSR count). The molecule has 0 saturated carbocycles. The monoisotopic (exact) mass is 385 g/mol. The fourth-order valence-electron chi connectivity index (χ4n) is 4.45. The summed E-state index contributed by atoms with van der Waals surface area (Å²) in [6.45, 7) is 6.30. The van der Waals surface area contributed by atoms with Crippen LogP contribution in [0.25, 0.3) is 5.65 Å². The number of piperidine rings is 1. The van der Waals surface area contributed by atoms with Crippen LogP contribution in [0, 0.1) is 0 Å². The average molecular weight is 385 g/mol. The topological polar surface area (TPSA) is 79.1 Å². The molecule has 150 valence electrons. The van der Waals surface area contributed by atoms with Crippen LogP contribution in [0.2, 0.25) is 0 Å². The Morgan fingerprint density at radius 3 is 2.39 bits per heavy atom. The number of amides is 2. The van der Waals surface area contributed by atoms with Gasteiger partial charge in [0.1, 0.15) is 5.82 Å². The summed E-state index contributed by atoms with van der Waals surface area (Å²) in [7, 11) is 0. The molecule has 3 saturated heterocycles. The Bertz CT molecular complexity index is 834. The molecule has 2 aromatic rings. The SMILES string of the molecule is O=C(N1CCOCC1)N1CCC(c2nnc3ccc(N4CCCC4)nn23)CC1. The number of rotatable bonds is 2. The normalized spacial score (nSPS) is 21.6. The fourth-order valence-corrected chi connectivity index (χ4v) is 4.45. The third kappa shape index (κ3) is 3.28. The molecule has 3 aliphatic rings.